The Morgan fingerprint density at radius 1 is 1.60 bits per heavy atom. The topological polar surface area (TPSA) is 111 Å². The van der Waals surface area contributed by atoms with Crippen LogP contribution in [0.2, 0.25) is 0 Å². The van der Waals surface area contributed by atoms with Crippen molar-refractivity contribution in [2.75, 3.05) is 24.3 Å². The molecule has 0 aliphatic heterocycles. The lowest BCUT2D eigenvalue weighted by Gasteiger charge is -2.01. The number of anilines is 1. The van der Waals surface area contributed by atoms with Crippen LogP contribution in [0.15, 0.2) is 4.63 Å². The maximum Gasteiger partial charge on any atom is 0.277 e. The molecule has 1 atom stereocenters. The number of hydrogen-bond donors (Lipinski definition) is 2. The van der Waals surface area contributed by atoms with E-state index in [4.69, 9.17) is 5.73 Å². The average Bonchev–Trinajstić information content (AvgIpc) is 2.58. The summed E-state index contributed by atoms with van der Waals surface area (Å²) < 4.78 is 15.0. The molecule has 15 heavy (non-hydrogen) atoms. The van der Waals surface area contributed by atoms with Gasteiger partial charge in [-0.3, -0.25) is 9.00 Å². The van der Waals surface area contributed by atoms with Gasteiger partial charge in [-0.2, -0.15) is 0 Å². The van der Waals surface area contributed by atoms with Gasteiger partial charge in [0.15, 0.2) is 0 Å². The highest BCUT2D eigenvalue weighted by Gasteiger charge is 2.14. The SMILES string of the molecule is CS(=O)CCCNC(=O)c1nonc1N. The van der Waals surface area contributed by atoms with Crippen LogP contribution in [0.1, 0.15) is 16.9 Å². The second-order valence-electron chi connectivity index (χ2n) is 2.88. The Kier molecular flexibility index (Phi) is 4.22. The molecule has 7 nitrogen and oxygen atoms in total. The predicted octanol–water partition coefficient (Wildman–Crippen LogP) is -0.850. The number of amides is 1. The first-order valence-corrected chi connectivity index (χ1v) is 6.00. The van der Waals surface area contributed by atoms with E-state index in [0.717, 1.165) is 0 Å². The normalized spacial score (nSPS) is 12.3. The minimum Gasteiger partial charge on any atom is -0.379 e. The van der Waals surface area contributed by atoms with Gasteiger partial charge in [-0.1, -0.05) is 0 Å². The Morgan fingerprint density at radius 2 is 2.33 bits per heavy atom. The molecule has 0 saturated carbocycles. The van der Waals surface area contributed by atoms with Gasteiger partial charge in [-0.25, -0.2) is 4.63 Å². The van der Waals surface area contributed by atoms with Crippen molar-refractivity contribution >= 4 is 22.5 Å². The molecular weight excluding hydrogens is 220 g/mol. The summed E-state index contributed by atoms with van der Waals surface area (Å²) in [6, 6.07) is 0. The smallest absolute Gasteiger partial charge is 0.277 e. The molecule has 0 saturated heterocycles. The number of nitrogens with one attached hydrogen (secondary N) is 1. The first kappa shape index (κ1) is 11.6. The first-order valence-electron chi connectivity index (χ1n) is 4.27. The number of carbonyl (C=O) groups is 1. The molecule has 84 valence electrons. The molecular formula is C7H12N4O3S. The van der Waals surface area contributed by atoms with Crippen molar-refractivity contribution in [2.45, 2.75) is 6.42 Å². The van der Waals surface area contributed by atoms with Crippen LogP contribution < -0.4 is 11.1 Å². The van der Waals surface area contributed by atoms with Gasteiger partial charge in [-0.05, 0) is 16.7 Å². The van der Waals surface area contributed by atoms with Crippen LogP contribution in [0.4, 0.5) is 5.82 Å². The van der Waals surface area contributed by atoms with E-state index in [2.05, 4.69) is 20.3 Å². The number of nitrogens with two attached hydrogens (primary N) is 1. The largest absolute Gasteiger partial charge is 0.379 e. The molecule has 0 fully saturated rings. The summed E-state index contributed by atoms with van der Waals surface area (Å²) in [6.45, 7) is 0.421. The zero-order valence-electron chi connectivity index (χ0n) is 8.23. The Morgan fingerprint density at radius 3 is 2.87 bits per heavy atom. The standard InChI is InChI=1S/C7H12N4O3S/c1-15(13)4-2-3-9-7(12)5-6(8)11-14-10-5/h2-4H2,1H3,(H2,8,11)(H,9,12). The quantitative estimate of drug-likeness (QED) is 0.640. The summed E-state index contributed by atoms with van der Waals surface area (Å²) >= 11 is 0. The predicted molar refractivity (Wildman–Crippen MR) is 54.6 cm³/mol. The second-order valence-corrected chi connectivity index (χ2v) is 4.44. The molecule has 8 heteroatoms. The van der Waals surface area contributed by atoms with Crippen LogP contribution in [0, 0.1) is 0 Å². The molecule has 1 rings (SSSR count). The summed E-state index contributed by atoms with van der Waals surface area (Å²) in [5, 5.41) is 9.19. The Hall–Kier alpha value is -1.44. The van der Waals surface area contributed by atoms with Gasteiger partial charge in [0, 0.05) is 29.4 Å². The van der Waals surface area contributed by atoms with Crippen LogP contribution in [0.5, 0.6) is 0 Å². The average molecular weight is 232 g/mol. The molecule has 3 N–H and O–H groups in total. The summed E-state index contributed by atoms with van der Waals surface area (Å²) in [4.78, 5) is 11.3. The van der Waals surface area contributed by atoms with Gasteiger partial charge in [0.05, 0.1) is 0 Å². The van der Waals surface area contributed by atoms with Crippen LogP contribution in [0.25, 0.3) is 0 Å². The number of nitrogens with zero attached hydrogens (tertiary/aromatic N) is 2. The van der Waals surface area contributed by atoms with E-state index in [1.165, 1.54) is 0 Å². The third-order valence-corrected chi connectivity index (χ3v) is 2.49. The number of nitrogen functional groups attached to an aromatic ring is 1. The van der Waals surface area contributed by atoms with Crippen molar-refractivity contribution in [2.24, 2.45) is 0 Å². The van der Waals surface area contributed by atoms with Crippen molar-refractivity contribution in [3.05, 3.63) is 5.69 Å². The monoisotopic (exact) mass is 232 g/mol. The van der Waals surface area contributed by atoms with Gasteiger partial charge in [-0.15, -0.1) is 0 Å². The molecule has 1 amide bonds. The lowest BCUT2D eigenvalue weighted by atomic mass is 10.4. The van der Waals surface area contributed by atoms with Crippen LogP contribution in [-0.2, 0) is 10.8 Å². The zero-order valence-corrected chi connectivity index (χ0v) is 9.04. The third-order valence-electron chi connectivity index (χ3n) is 1.62. The van der Waals surface area contributed by atoms with E-state index in [-0.39, 0.29) is 11.5 Å². The van der Waals surface area contributed by atoms with Crippen molar-refractivity contribution in [1.82, 2.24) is 15.6 Å². The molecule has 0 aromatic carbocycles. The van der Waals surface area contributed by atoms with Crippen molar-refractivity contribution in [3.63, 3.8) is 0 Å². The first-order chi connectivity index (χ1) is 7.11. The minimum atomic E-state index is -0.844. The molecule has 1 aromatic heterocycles. The van der Waals surface area contributed by atoms with E-state index in [9.17, 15) is 9.00 Å². The fourth-order valence-corrected chi connectivity index (χ4v) is 1.46. The van der Waals surface area contributed by atoms with Crippen LogP contribution in [-0.4, -0.2) is 39.0 Å². The van der Waals surface area contributed by atoms with E-state index in [0.29, 0.717) is 18.7 Å². The zero-order chi connectivity index (χ0) is 11.3. The summed E-state index contributed by atoms with van der Waals surface area (Å²) in [7, 11) is -0.844. The van der Waals surface area contributed by atoms with Crippen molar-refractivity contribution in [3.8, 4) is 0 Å². The molecule has 1 heterocycles. The third kappa shape index (κ3) is 3.66. The highest BCUT2D eigenvalue weighted by atomic mass is 32.2. The second kappa shape index (κ2) is 5.44. The molecule has 0 spiro atoms. The summed E-state index contributed by atoms with van der Waals surface area (Å²) in [5.41, 5.74) is 5.30. The highest BCUT2D eigenvalue weighted by Crippen LogP contribution is 2.02. The van der Waals surface area contributed by atoms with Crippen molar-refractivity contribution in [1.29, 1.82) is 0 Å². The Labute approximate surface area is 88.8 Å². The van der Waals surface area contributed by atoms with Crippen LogP contribution >= 0.6 is 0 Å². The Balaban J connectivity index is 2.31. The van der Waals surface area contributed by atoms with E-state index >= 15 is 0 Å². The van der Waals surface area contributed by atoms with Crippen LogP contribution in [0.3, 0.4) is 0 Å². The minimum absolute atomic E-state index is 0.0207. The van der Waals surface area contributed by atoms with E-state index in [1.54, 1.807) is 6.26 Å². The maximum absolute atomic E-state index is 11.3. The van der Waals surface area contributed by atoms with E-state index in [1.807, 2.05) is 0 Å². The summed E-state index contributed by atoms with van der Waals surface area (Å²) in [6.07, 6.45) is 2.25. The number of hydrogen-bond acceptors (Lipinski definition) is 6. The van der Waals surface area contributed by atoms with Gasteiger partial charge >= 0.3 is 0 Å². The lowest BCUT2D eigenvalue weighted by Crippen LogP contribution is -2.26. The van der Waals surface area contributed by atoms with Gasteiger partial charge in [0.1, 0.15) is 0 Å². The molecule has 1 aromatic rings. The molecule has 0 aliphatic carbocycles. The number of carbonyl (C=O) groups excluding carboxylic acids is 1. The molecule has 0 aliphatic rings. The Bertz CT molecular complexity index is 365. The number of rotatable bonds is 5. The van der Waals surface area contributed by atoms with Gasteiger partial charge in [0.2, 0.25) is 11.5 Å². The summed E-state index contributed by atoms with van der Waals surface area (Å²) in [5.74, 6) is 0.0783. The van der Waals surface area contributed by atoms with Crippen molar-refractivity contribution < 1.29 is 13.6 Å². The fraction of sp³-hybridized carbons (Fsp3) is 0.571. The van der Waals surface area contributed by atoms with Gasteiger partial charge < -0.3 is 11.1 Å². The number of aromatic nitrogens is 2. The highest BCUT2D eigenvalue weighted by molar-refractivity contribution is 7.84. The molecule has 1 unspecified atom stereocenters. The maximum atomic E-state index is 11.3. The van der Waals surface area contributed by atoms with Gasteiger partial charge in [0.25, 0.3) is 5.91 Å². The molecule has 0 bridgehead atoms. The fourth-order valence-electron chi connectivity index (χ4n) is 0.914. The molecule has 0 radical (unpaired) electrons. The van der Waals surface area contributed by atoms with E-state index < -0.39 is 16.7 Å². The lowest BCUT2D eigenvalue weighted by molar-refractivity contribution is 0.0944.